The summed E-state index contributed by atoms with van der Waals surface area (Å²) in [6.07, 6.45) is 0.241. The highest BCUT2D eigenvalue weighted by Crippen LogP contribution is 2.35. The maximum atomic E-state index is 13.9. The van der Waals surface area contributed by atoms with Crippen LogP contribution in [0.15, 0.2) is 53.0 Å². The van der Waals surface area contributed by atoms with E-state index in [0.29, 0.717) is 5.56 Å². The summed E-state index contributed by atoms with van der Waals surface area (Å²) in [5.41, 5.74) is -0.586. The molecule has 0 bridgehead atoms. The highest BCUT2D eigenvalue weighted by molar-refractivity contribution is 9.10. The predicted molar refractivity (Wildman–Crippen MR) is 89.2 cm³/mol. The Kier molecular flexibility index (Phi) is 3.86. The van der Waals surface area contributed by atoms with Gasteiger partial charge in [0.05, 0.1) is 0 Å². The molecule has 1 aromatic heterocycles. The highest BCUT2D eigenvalue weighted by Gasteiger charge is 2.27. The van der Waals surface area contributed by atoms with Crippen molar-refractivity contribution in [1.29, 1.82) is 0 Å². The van der Waals surface area contributed by atoms with E-state index in [1.165, 1.54) is 6.07 Å². The van der Waals surface area contributed by atoms with Gasteiger partial charge in [-0.2, -0.15) is 0 Å². The fraction of sp³-hybridized carbons (Fsp3) is 0.176. The van der Waals surface area contributed by atoms with E-state index in [4.69, 9.17) is 0 Å². The minimum atomic E-state index is -1.09. The molecule has 1 unspecified atom stereocenters. The van der Waals surface area contributed by atoms with Crippen molar-refractivity contribution >= 4 is 37.4 Å². The topological polar surface area (TPSA) is 20.2 Å². The van der Waals surface area contributed by atoms with E-state index in [9.17, 15) is 9.50 Å². The first-order valence-corrected chi connectivity index (χ1v) is 8.22. The second kappa shape index (κ2) is 5.52. The van der Waals surface area contributed by atoms with E-state index in [1.807, 2.05) is 30.3 Å². The molecule has 0 radical (unpaired) electrons. The number of aliphatic hydroxyl groups is 1. The van der Waals surface area contributed by atoms with Crippen molar-refractivity contribution in [3.63, 3.8) is 0 Å². The summed E-state index contributed by atoms with van der Waals surface area (Å²) in [4.78, 5) is 0.850. The van der Waals surface area contributed by atoms with Gasteiger partial charge in [-0.15, -0.1) is 11.3 Å². The van der Waals surface area contributed by atoms with Crippen LogP contribution in [0.2, 0.25) is 0 Å². The van der Waals surface area contributed by atoms with E-state index >= 15 is 0 Å². The average Bonchev–Trinajstić information content (AvgIpc) is 2.87. The molecule has 1 nitrogen and oxygen atoms in total. The molecular weight excluding hydrogens is 351 g/mol. The third kappa shape index (κ3) is 3.03. The van der Waals surface area contributed by atoms with Crippen LogP contribution in [0, 0.1) is 5.82 Å². The Morgan fingerprint density at radius 3 is 2.71 bits per heavy atom. The van der Waals surface area contributed by atoms with E-state index in [1.54, 1.807) is 30.4 Å². The number of rotatable bonds is 3. The minimum absolute atomic E-state index is 0.241. The van der Waals surface area contributed by atoms with Crippen molar-refractivity contribution in [2.45, 2.75) is 18.9 Å². The Hall–Kier alpha value is -1.23. The average molecular weight is 365 g/mol. The first-order chi connectivity index (χ1) is 9.95. The van der Waals surface area contributed by atoms with Crippen LogP contribution in [0.4, 0.5) is 4.39 Å². The zero-order valence-electron chi connectivity index (χ0n) is 11.4. The highest BCUT2D eigenvalue weighted by atomic mass is 79.9. The molecule has 3 aromatic rings. The first-order valence-electron chi connectivity index (χ1n) is 6.61. The lowest BCUT2D eigenvalue weighted by Gasteiger charge is -2.22. The normalized spacial score (nSPS) is 14.3. The van der Waals surface area contributed by atoms with Crippen LogP contribution >= 0.6 is 27.3 Å². The Labute approximate surface area is 135 Å². The van der Waals surface area contributed by atoms with Crippen molar-refractivity contribution < 1.29 is 9.50 Å². The van der Waals surface area contributed by atoms with Crippen LogP contribution < -0.4 is 0 Å². The fourth-order valence-electron chi connectivity index (χ4n) is 2.38. The van der Waals surface area contributed by atoms with E-state index in [-0.39, 0.29) is 12.2 Å². The summed E-state index contributed by atoms with van der Waals surface area (Å²) in [5.74, 6) is -0.292. The second-order valence-corrected chi connectivity index (χ2v) is 7.33. The maximum absolute atomic E-state index is 13.9. The van der Waals surface area contributed by atoms with E-state index in [0.717, 1.165) is 19.4 Å². The van der Waals surface area contributed by atoms with Gasteiger partial charge in [0.25, 0.3) is 0 Å². The first kappa shape index (κ1) is 14.7. The number of thiophene rings is 1. The van der Waals surface area contributed by atoms with E-state index < -0.39 is 5.60 Å². The molecule has 0 amide bonds. The Bertz CT molecular complexity index is 761. The molecule has 0 aliphatic heterocycles. The molecule has 1 heterocycles. The molecule has 2 aromatic carbocycles. The molecular formula is C17H14BrFOS. The van der Waals surface area contributed by atoms with Crippen LogP contribution in [-0.4, -0.2) is 5.11 Å². The molecule has 3 rings (SSSR count). The van der Waals surface area contributed by atoms with Crippen molar-refractivity contribution in [1.82, 2.24) is 0 Å². The van der Waals surface area contributed by atoms with Gasteiger partial charge in [0.15, 0.2) is 0 Å². The lowest BCUT2D eigenvalue weighted by Crippen LogP contribution is -2.23. The lowest BCUT2D eigenvalue weighted by molar-refractivity contribution is 0.0606. The van der Waals surface area contributed by atoms with Gasteiger partial charge in [0, 0.05) is 20.5 Å². The summed E-state index contributed by atoms with van der Waals surface area (Å²) in [7, 11) is 0. The molecule has 21 heavy (non-hydrogen) atoms. The molecule has 108 valence electrons. The van der Waals surface area contributed by atoms with Crippen LogP contribution in [-0.2, 0) is 12.0 Å². The SMILES string of the molecule is CC(O)(Cc1cc(Br)ccc1F)c1cc2ccccc2s1. The smallest absolute Gasteiger partial charge is 0.126 e. The molecule has 4 heteroatoms. The van der Waals surface area contributed by atoms with Crippen LogP contribution in [0.3, 0.4) is 0 Å². The molecule has 0 aliphatic carbocycles. The van der Waals surface area contributed by atoms with Gasteiger partial charge in [-0.3, -0.25) is 0 Å². The molecule has 1 N–H and O–H groups in total. The number of benzene rings is 2. The van der Waals surface area contributed by atoms with Crippen molar-refractivity contribution in [2.75, 3.05) is 0 Å². The monoisotopic (exact) mass is 364 g/mol. The van der Waals surface area contributed by atoms with Crippen molar-refractivity contribution in [2.24, 2.45) is 0 Å². The zero-order chi connectivity index (χ0) is 15.0. The number of hydrogen-bond donors (Lipinski definition) is 1. The summed E-state index contributed by atoms with van der Waals surface area (Å²) in [5, 5.41) is 11.9. The second-order valence-electron chi connectivity index (χ2n) is 5.33. The summed E-state index contributed by atoms with van der Waals surface area (Å²) >= 11 is 4.89. The fourth-order valence-corrected chi connectivity index (χ4v) is 3.90. The number of fused-ring (bicyclic) bond motifs is 1. The van der Waals surface area contributed by atoms with Gasteiger partial charge < -0.3 is 5.11 Å². The Morgan fingerprint density at radius 2 is 1.95 bits per heavy atom. The van der Waals surface area contributed by atoms with Crippen LogP contribution in [0.25, 0.3) is 10.1 Å². The third-order valence-corrected chi connectivity index (χ3v) is 5.36. The van der Waals surface area contributed by atoms with Crippen LogP contribution in [0.1, 0.15) is 17.4 Å². The van der Waals surface area contributed by atoms with Gasteiger partial charge in [-0.05, 0) is 48.2 Å². The minimum Gasteiger partial charge on any atom is -0.384 e. The standard InChI is InChI=1S/C17H14BrFOS/c1-17(20,10-12-8-13(18)6-7-14(12)19)16-9-11-4-2-3-5-15(11)21-16/h2-9,20H,10H2,1H3. The summed E-state index contributed by atoms with van der Waals surface area (Å²) < 4.78 is 15.8. The van der Waals surface area contributed by atoms with Gasteiger partial charge in [-0.1, -0.05) is 34.1 Å². The van der Waals surface area contributed by atoms with Gasteiger partial charge in [-0.25, -0.2) is 4.39 Å². The summed E-state index contributed by atoms with van der Waals surface area (Å²) in [6, 6.07) is 14.8. The molecule has 1 atom stereocenters. The van der Waals surface area contributed by atoms with Crippen molar-refractivity contribution in [3.8, 4) is 0 Å². The quantitative estimate of drug-likeness (QED) is 0.672. The molecule has 0 aliphatic rings. The number of hydrogen-bond acceptors (Lipinski definition) is 2. The largest absolute Gasteiger partial charge is 0.384 e. The van der Waals surface area contributed by atoms with Gasteiger partial charge >= 0.3 is 0 Å². The van der Waals surface area contributed by atoms with Gasteiger partial charge in [0.1, 0.15) is 11.4 Å². The maximum Gasteiger partial charge on any atom is 0.126 e. The van der Waals surface area contributed by atoms with Gasteiger partial charge in [0.2, 0.25) is 0 Å². The molecule has 0 saturated heterocycles. The third-order valence-electron chi connectivity index (χ3n) is 3.50. The molecule has 0 fully saturated rings. The Balaban J connectivity index is 1.97. The van der Waals surface area contributed by atoms with Crippen molar-refractivity contribution in [3.05, 3.63) is 69.3 Å². The molecule has 0 saturated carbocycles. The predicted octanol–water partition coefficient (Wildman–Crippen LogP) is 5.25. The zero-order valence-corrected chi connectivity index (χ0v) is 13.8. The number of halogens is 2. The lowest BCUT2D eigenvalue weighted by atomic mass is 9.94. The molecule has 0 spiro atoms. The summed E-state index contributed by atoms with van der Waals surface area (Å²) in [6.45, 7) is 1.73. The van der Waals surface area contributed by atoms with E-state index in [2.05, 4.69) is 15.9 Å². The Morgan fingerprint density at radius 1 is 1.19 bits per heavy atom. The van der Waals surface area contributed by atoms with Crippen LogP contribution in [0.5, 0.6) is 0 Å².